The van der Waals surface area contributed by atoms with Gasteiger partial charge in [0.25, 0.3) is 0 Å². The molecule has 0 radical (unpaired) electrons. The van der Waals surface area contributed by atoms with Crippen LogP contribution in [0.5, 0.6) is 11.5 Å². The Morgan fingerprint density at radius 2 is 1.70 bits per heavy atom. The highest BCUT2D eigenvalue weighted by molar-refractivity contribution is 9.10. The Labute approximate surface area is 201 Å². The molecular formula is C27H24BrNO4. The second kappa shape index (κ2) is 10.5. The number of carbonyl (C=O) groups is 1. The van der Waals surface area contributed by atoms with Crippen LogP contribution in [0.3, 0.4) is 0 Å². The average Bonchev–Trinajstić information content (AvgIpc) is 3.21. The fourth-order valence-corrected chi connectivity index (χ4v) is 3.98. The third-order valence-electron chi connectivity index (χ3n) is 5.16. The molecule has 0 unspecified atom stereocenters. The van der Waals surface area contributed by atoms with Crippen LogP contribution in [-0.4, -0.2) is 25.6 Å². The summed E-state index contributed by atoms with van der Waals surface area (Å²) in [7, 11) is 1.59. The van der Waals surface area contributed by atoms with E-state index < -0.39 is 5.97 Å². The molecule has 33 heavy (non-hydrogen) atoms. The van der Waals surface area contributed by atoms with Crippen molar-refractivity contribution in [2.24, 2.45) is 4.99 Å². The normalized spacial score (nSPS) is 14.2. The highest BCUT2D eigenvalue weighted by Gasteiger charge is 2.24. The summed E-state index contributed by atoms with van der Waals surface area (Å²) < 4.78 is 17.5. The average molecular weight is 506 g/mol. The molecule has 6 heteroatoms. The summed E-state index contributed by atoms with van der Waals surface area (Å²) in [6, 6.07) is 21.6. The van der Waals surface area contributed by atoms with Crippen LogP contribution in [-0.2, 0) is 9.53 Å². The molecule has 168 valence electrons. The molecule has 0 fully saturated rings. The molecule has 4 rings (SSSR count). The van der Waals surface area contributed by atoms with E-state index in [0.29, 0.717) is 18.1 Å². The maximum absolute atomic E-state index is 12.5. The second-order valence-corrected chi connectivity index (χ2v) is 8.37. The van der Waals surface area contributed by atoms with Gasteiger partial charge < -0.3 is 14.2 Å². The quantitative estimate of drug-likeness (QED) is 0.195. The molecule has 5 nitrogen and oxygen atoms in total. The number of cyclic esters (lactones) is 1. The summed E-state index contributed by atoms with van der Waals surface area (Å²) in [6.45, 7) is 2.72. The summed E-state index contributed by atoms with van der Waals surface area (Å²) in [5, 5.41) is 0. The van der Waals surface area contributed by atoms with Crippen LogP contribution in [0.2, 0.25) is 0 Å². The first kappa shape index (κ1) is 22.8. The molecule has 1 aliphatic heterocycles. The SMILES string of the molecule is CCCCOc1c(Br)cc(/C=C2\N=C(c3ccc(-c4ccccc4)cc3)OC2=O)cc1OC. The molecule has 1 aliphatic rings. The number of hydrogen-bond donors (Lipinski definition) is 0. The van der Waals surface area contributed by atoms with Gasteiger partial charge in [0.05, 0.1) is 18.2 Å². The Morgan fingerprint density at radius 1 is 1.00 bits per heavy atom. The first-order valence-corrected chi connectivity index (χ1v) is 11.6. The zero-order valence-electron chi connectivity index (χ0n) is 18.5. The Hall–Kier alpha value is -3.38. The lowest BCUT2D eigenvalue weighted by atomic mass is 10.0. The van der Waals surface area contributed by atoms with Gasteiger partial charge in [-0.05, 0) is 69.4 Å². The molecule has 0 saturated heterocycles. The number of nitrogens with zero attached hydrogens (tertiary/aromatic N) is 1. The number of carbonyl (C=O) groups excluding carboxylic acids is 1. The number of benzene rings is 3. The van der Waals surface area contributed by atoms with Crippen molar-refractivity contribution in [2.45, 2.75) is 19.8 Å². The van der Waals surface area contributed by atoms with E-state index in [0.717, 1.165) is 39.6 Å². The summed E-state index contributed by atoms with van der Waals surface area (Å²) in [4.78, 5) is 16.9. The fraction of sp³-hybridized carbons (Fsp3) is 0.185. The Balaban J connectivity index is 1.57. The van der Waals surface area contributed by atoms with E-state index in [2.05, 4.69) is 40.0 Å². The van der Waals surface area contributed by atoms with Crippen molar-refractivity contribution in [2.75, 3.05) is 13.7 Å². The van der Waals surface area contributed by atoms with Gasteiger partial charge in [-0.25, -0.2) is 9.79 Å². The van der Waals surface area contributed by atoms with E-state index in [1.807, 2.05) is 54.6 Å². The van der Waals surface area contributed by atoms with Crippen LogP contribution in [0.1, 0.15) is 30.9 Å². The van der Waals surface area contributed by atoms with Crippen molar-refractivity contribution in [3.8, 4) is 22.6 Å². The number of halogens is 1. The van der Waals surface area contributed by atoms with E-state index in [1.165, 1.54) is 0 Å². The van der Waals surface area contributed by atoms with E-state index in [4.69, 9.17) is 14.2 Å². The Kier molecular flexibility index (Phi) is 7.25. The number of aliphatic imine (C=N–C) groups is 1. The molecule has 0 spiro atoms. The maximum Gasteiger partial charge on any atom is 0.363 e. The zero-order chi connectivity index (χ0) is 23.2. The van der Waals surface area contributed by atoms with Gasteiger partial charge in [-0.15, -0.1) is 0 Å². The number of ether oxygens (including phenoxy) is 3. The van der Waals surface area contributed by atoms with Crippen molar-refractivity contribution in [3.63, 3.8) is 0 Å². The molecule has 3 aromatic rings. The molecule has 3 aromatic carbocycles. The number of methoxy groups -OCH3 is 1. The molecule has 0 saturated carbocycles. The van der Waals surface area contributed by atoms with Crippen LogP contribution in [0, 0.1) is 0 Å². The topological polar surface area (TPSA) is 57.1 Å². The molecule has 0 aliphatic carbocycles. The van der Waals surface area contributed by atoms with Gasteiger partial charge in [-0.2, -0.15) is 0 Å². The van der Waals surface area contributed by atoms with Gasteiger partial charge in [-0.3, -0.25) is 0 Å². The summed E-state index contributed by atoms with van der Waals surface area (Å²) in [5.74, 6) is 1.02. The molecule has 0 bridgehead atoms. The van der Waals surface area contributed by atoms with E-state index in [1.54, 1.807) is 13.2 Å². The van der Waals surface area contributed by atoms with E-state index in [-0.39, 0.29) is 11.6 Å². The van der Waals surface area contributed by atoms with Crippen LogP contribution >= 0.6 is 15.9 Å². The van der Waals surface area contributed by atoms with E-state index >= 15 is 0 Å². The van der Waals surface area contributed by atoms with Crippen LogP contribution in [0.15, 0.2) is 81.9 Å². The van der Waals surface area contributed by atoms with Crippen LogP contribution in [0.25, 0.3) is 17.2 Å². The third kappa shape index (κ3) is 5.34. The predicted molar refractivity (Wildman–Crippen MR) is 134 cm³/mol. The van der Waals surface area contributed by atoms with Crippen molar-refractivity contribution in [1.29, 1.82) is 0 Å². The molecule has 0 N–H and O–H groups in total. The highest BCUT2D eigenvalue weighted by Crippen LogP contribution is 2.37. The van der Waals surface area contributed by atoms with Gasteiger partial charge >= 0.3 is 5.97 Å². The van der Waals surface area contributed by atoms with Crippen LogP contribution < -0.4 is 9.47 Å². The molecule has 0 amide bonds. The first-order valence-electron chi connectivity index (χ1n) is 10.8. The summed E-state index contributed by atoms with van der Waals surface area (Å²) >= 11 is 3.54. The number of rotatable bonds is 8. The number of esters is 1. The Bertz CT molecular complexity index is 1200. The van der Waals surface area contributed by atoms with Gasteiger partial charge in [0, 0.05) is 5.56 Å². The minimum absolute atomic E-state index is 0.228. The maximum atomic E-state index is 12.5. The lowest BCUT2D eigenvalue weighted by Gasteiger charge is -2.13. The van der Waals surface area contributed by atoms with Crippen molar-refractivity contribution in [1.82, 2.24) is 0 Å². The monoisotopic (exact) mass is 505 g/mol. The fourth-order valence-electron chi connectivity index (χ4n) is 3.41. The molecular weight excluding hydrogens is 482 g/mol. The summed E-state index contributed by atoms with van der Waals surface area (Å²) in [5.41, 5.74) is 3.92. The smallest absolute Gasteiger partial charge is 0.363 e. The van der Waals surface area contributed by atoms with Crippen molar-refractivity contribution < 1.29 is 19.0 Å². The standard InChI is InChI=1S/C27H24BrNO4/c1-3-4-14-32-25-22(28)15-18(17-24(25)31-2)16-23-27(30)33-26(29-23)21-12-10-20(11-13-21)19-8-6-5-7-9-19/h5-13,15-17H,3-4,14H2,1-2H3/b23-16-. The van der Waals surface area contributed by atoms with Gasteiger partial charge in [0.15, 0.2) is 17.2 Å². The first-order chi connectivity index (χ1) is 16.1. The largest absolute Gasteiger partial charge is 0.493 e. The van der Waals surface area contributed by atoms with Gasteiger partial charge in [0.2, 0.25) is 5.90 Å². The molecule has 0 atom stereocenters. The van der Waals surface area contributed by atoms with Crippen molar-refractivity contribution >= 4 is 33.9 Å². The van der Waals surface area contributed by atoms with Gasteiger partial charge in [-0.1, -0.05) is 55.8 Å². The van der Waals surface area contributed by atoms with Crippen molar-refractivity contribution in [3.05, 3.63) is 88.0 Å². The van der Waals surface area contributed by atoms with Gasteiger partial charge in [0.1, 0.15) is 0 Å². The molecule has 0 aromatic heterocycles. The highest BCUT2D eigenvalue weighted by atomic mass is 79.9. The zero-order valence-corrected chi connectivity index (χ0v) is 20.1. The lowest BCUT2D eigenvalue weighted by Crippen LogP contribution is -2.05. The second-order valence-electron chi connectivity index (χ2n) is 7.52. The third-order valence-corrected chi connectivity index (χ3v) is 5.75. The predicted octanol–water partition coefficient (Wildman–Crippen LogP) is 6.65. The summed E-state index contributed by atoms with van der Waals surface area (Å²) in [6.07, 6.45) is 3.68. The Morgan fingerprint density at radius 3 is 2.39 bits per heavy atom. The lowest BCUT2D eigenvalue weighted by molar-refractivity contribution is -0.129. The molecule has 1 heterocycles. The van der Waals surface area contributed by atoms with E-state index in [9.17, 15) is 4.79 Å². The van der Waals surface area contributed by atoms with Crippen LogP contribution in [0.4, 0.5) is 0 Å². The number of unbranched alkanes of at least 4 members (excludes halogenated alkanes) is 1. The number of hydrogen-bond acceptors (Lipinski definition) is 5. The minimum atomic E-state index is -0.490. The minimum Gasteiger partial charge on any atom is -0.493 e.